The van der Waals surface area contributed by atoms with Crippen LogP contribution in [0, 0.1) is 17.8 Å². The van der Waals surface area contributed by atoms with Crippen LogP contribution in [0.2, 0.25) is 0 Å². The Balaban J connectivity index is 1.82. The van der Waals surface area contributed by atoms with E-state index in [1.165, 1.54) is 25.7 Å². The number of nitrogens with zero attached hydrogens (tertiary/aromatic N) is 1. The maximum absolute atomic E-state index is 11.9. The summed E-state index contributed by atoms with van der Waals surface area (Å²) in [6, 6.07) is 3.55. The summed E-state index contributed by atoms with van der Waals surface area (Å²) >= 11 is 0. The van der Waals surface area contributed by atoms with Crippen molar-refractivity contribution in [3.8, 4) is 11.8 Å². The third-order valence-electron chi connectivity index (χ3n) is 3.75. The van der Waals surface area contributed by atoms with Crippen LogP contribution in [-0.2, 0) is 4.79 Å². The number of rotatable bonds is 5. The molecule has 0 radical (unpaired) electrons. The predicted octanol–water partition coefficient (Wildman–Crippen LogP) is 2.72. The Labute approximate surface area is 126 Å². The largest absolute Gasteiger partial charge is 0.395 e. The highest BCUT2D eigenvalue weighted by Gasteiger charge is 2.16. The molecule has 2 N–H and O–H groups in total. The first-order valence-electron chi connectivity index (χ1n) is 7.63. The zero-order valence-electron chi connectivity index (χ0n) is 12.3. The second-order valence-electron chi connectivity index (χ2n) is 5.44. The second-order valence-corrected chi connectivity index (χ2v) is 5.44. The monoisotopic (exact) mass is 286 g/mol. The molecule has 1 amide bonds. The van der Waals surface area contributed by atoms with E-state index in [-0.39, 0.29) is 12.5 Å². The van der Waals surface area contributed by atoms with Crippen molar-refractivity contribution in [2.24, 2.45) is 5.92 Å². The van der Waals surface area contributed by atoms with E-state index < -0.39 is 0 Å². The molecule has 4 nitrogen and oxygen atoms in total. The number of aliphatic hydroxyl groups is 1. The van der Waals surface area contributed by atoms with Crippen LogP contribution in [0.1, 0.15) is 50.5 Å². The molecule has 1 aromatic heterocycles. The zero-order valence-corrected chi connectivity index (χ0v) is 12.3. The second kappa shape index (κ2) is 8.43. The molecule has 0 aliphatic heterocycles. The fourth-order valence-electron chi connectivity index (χ4n) is 2.64. The number of carbonyl (C=O) groups excluding carboxylic acids is 1. The summed E-state index contributed by atoms with van der Waals surface area (Å²) in [5.74, 6) is 7.08. The van der Waals surface area contributed by atoms with Crippen molar-refractivity contribution >= 4 is 11.7 Å². The van der Waals surface area contributed by atoms with Gasteiger partial charge in [-0.25, -0.2) is 4.98 Å². The van der Waals surface area contributed by atoms with Crippen LogP contribution in [-0.4, -0.2) is 22.6 Å². The Hall–Kier alpha value is -1.86. The predicted molar refractivity (Wildman–Crippen MR) is 82.6 cm³/mol. The van der Waals surface area contributed by atoms with Gasteiger partial charge in [-0.1, -0.05) is 37.5 Å². The highest BCUT2D eigenvalue weighted by molar-refractivity contribution is 5.89. The van der Waals surface area contributed by atoms with Crippen LogP contribution >= 0.6 is 0 Å². The van der Waals surface area contributed by atoms with Gasteiger partial charge in [0.1, 0.15) is 5.82 Å². The summed E-state index contributed by atoms with van der Waals surface area (Å²) in [6.45, 7) is 0.0584. The molecule has 0 bridgehead atoms. The van der Waals surface area contributed by atoms with E-state index in [1.54, 1.807) is 18.3 Å². The van der Waals surface area contributed by atoms with Crippen molar-refractivity contribution in [1.82, 2.24) is 4.98 Å². The standard InChI is InChI=1S/C17H22N2O2/c20-12-4-3-7-15-10-11-18-16(13-15)19-17(21)9-8-14-5-1-2-6-14/h10-11,13-14,20H,1-2,4-6,8-9,12H2,(H,18,19,21). The molecule has 1 aliphatic carbocycles. The lowest BCUT2D eigenvalue weighted by molar-refractivity contribution is -0.116. The summed E-state index contributed by atoms with van der Waals surface area (Å²) in [5.41, 5.74) is 0.796. The molecule has 1 saturated carbocycles. The van der Waals surface area contributed by atoms with E-state index in [2.05, 4.69) is 22.1 Å². The van der Waals surface area contributed by atoms with Gasteiger partial charge in [-0.2, -0.15) is 0 Å². The van der Waals surface area contributed by atoms with E-state index in [0.717, 1.165) is 17.9 Å². The minimum absolute atomic E-state index is 0.0230. The summed E-state index contributed by atoms with van der Waals surface area (Å²) < 4.78 is 0. The van der Waals surface area contributed by atoms with E-state index in [9.17, 15) is 4.79 Å². The maximum Gasteiger partial charge on any atom is 0.225 e. The number of anilines is 1. The summed E-state index contributed by atoms with van der Waals surface area (Å²) in [5, 5.41) is 11.5. The minimum atomic E-state index is 0.0230. The van der Waals surface area contributed by atoms with Crippen molar-refractivity contribution in [3.05, 3.63) is 23.9 Å². The number of hydrogen-bond donors (Lipinski definition) is 2. The SMILES string of the molecule is O=C(CCC1CCCC1)Nc1cc(C#CCCO)ccn1. The van der Waals surface area contributed by atoms with Gasteiger partial charge in [0.05, 0.1) is 6.61 Å². The summed E-state index contributed by atoms with van der Waals surface area (Å²) in [4.78, 5) is 16.1. The van der Waals surface area contributed by atoms with Crippen LogP contribution in [0.5, 0.6) is 0 Å². The first-order valence-corrected chi connectivity index (χ1v) is 7.63. The third kappa shape index (κ3) is 5.57. The highest BCUT2D eigenvalue weighted by atomic mass is 16.2. The molecule has 2 rings (SSSR count). The van der Waals surface area contributed by atoms with Crippen molar-refractivity contribution in [3.63, 3.8) is 0 Å². The van der Waals surface area contributed by atoms with Crippen LogP contribution < -0.4 is 5.32 Å². The van der Waals surface area contributed by atoms with E-state index in [0.29, 0.717) is 18.7 Å². The molecule has 1 aliphatic rings. The normalized spacial score (nSPS) is 14.5. The molecule has 0 atom stereocenters. The molecule has 21 heavy (non-hydrogen) atoms. The fraction of sp³-hybridized carbons (Fsp3) is 0.529. The van der Waals surface area contributed by atoms with Crippen LogP contribution in [0.4, 0.5) is 5.82 Å². The molecule has 1 aromatic rings. The lowest BCUT2D eigenvalue weighted by Gasteiger charge is -2.08. The van der Waals surface area contributed by atoms with Gasteiger partial charge >= 0.3 is 0 Å². The topological polar surface area (TPSA) is 62.2 Å². The highest BCUT2D eigenvalue weighted by Crippen LogP contribution is 2.28. The van der Waals surface area contributed by atoms with Crippen LogP contribution in [0.3, 0.4) is 0 Å². The molecule has 0 saturated heterocycles. The first kappa shape index (κ1) is 15.5. The van der Waals surface area contributed by atoms with Gasteiger partial charge in [0.2, 0.25) is 5.91 Å². The summed E-state index contributed by atoms with van der Waals surface area (Å²) in [6.07, 6.45) is 8.77. The van der Waals surface area contributed by atoms with Crippen molar-refractivity contribution < 1.29 is 9.90 Å². The molecular formula is C17H22N2O2. The molecule has 112 valence electrons. The lowest BCUT2D eigenvalue weighted by Crippen LogP contribution is -2.13. The quantitative estimate of drug-likeness (QED) is 0.818. The van der Waals surface area contributed by atoms with Gasteiger partial charge < -0.3 is 10.4 Å². The average Bonchev–Trinajstić information content (AvgIpc) is 2.99. The van der Waals surface area contributed by atoms with Gasteiger partial charge in [-0.15, -0.1) is 0 Å². The van der Waals surface area contributed by atoms with Gasteiger partial charge in [0.15, 0.2) is 0 Å². The van der Waals surface area contributed by atoms with Gasteiger partial charge in [0, 0.05) is 24.6 Å². The number of amides is 1. The van der Waals surface area contributed by atoms with Crippen molar-refractivity contribution in [2.75, 3.05) is 11.9 Å². The maximum atomic E-state index is 11.9. The number of pyridine rings is 1. The first-order chi connectivity index (χ1) is 10.3. The molecule has 4 heteroatoms. The zero-order chi connectivity index (χ0) is 14.9. The molecule has 1 heterocycles. The fourth-order valence-corrected chi connectivity index (χ4v) is 2.64. The molecule has 0 spiro atoms. The number of aliphatic hydroxyl groups excluding tert-OH is 1. The number of hydrogen-bond acceptors (Lipinski definition) is 3. The van der Waals surface area contributed by atoms with Crippen LogP contribution in [0.25, 0.3) is 0 Å². The Morgan fingerprint density at radius 1 is 1.43 bits per heavy atom. The third-order valence-corrected chi connectivity index (χ3v) is 3.75. The smallest absolute Gasteiger partial charge is 0.225 e. The van der Waals surface area contributed by atoms with E-state index in [1.807, 2.05) is 0 Å². The number of carbonyl (C=O) groups is 1. The summed E-state index contributed by atoms with van der Waals surface area (Å²) in [7, 11) is 0. The Morgan fingerprint density at radius 2 is 2.24 bits per heavy atom. The van der Waals surface area contributed by atoms with Gasteiger partial charge in [-0.05, 0) is 24.5 Å². The number of aromatic nitrogens is 1. The molecular weight excluding hydrogens is 264 g/mol. The van der Waals surface area contributed by atoms with Crippen LogP contribution in [0.15, 0.2) is 18.3 Å². The average molecular weight is 286 g/mol. The van der Waals surface area contributed by atoms with Crippen molar-refractivity contribution in [1.29, 1.82) is 0 Å². The minimum Gasteiger partial charge on any atom is -0.395 e. The molecule has 0 unspecified atom stereocenters. The van der Waals surface area contributed by atoms with Gasteiger partial charge in [-0.3, -0.25) is 4.79 Å². The Kier molecular flexibility index (Phi) is 6.23. The van der Waals surface area contributed by atoms with Crippen molar-refractivity contribution in [2.45, 2.75) is 44.9 Å². The lowest BCUT2D eigenvalue weighted by atomic mass is 10.0. The molecule has 0 aromatic carbocycles. The Bertz CT molecular complexity index is 525. The van der Waals surface area contributed by atoms with Gasteiger partial charge in [0.25, 0.3) is 0 Å². The molecule has 1 fully saturated rings. The van der Waals surface area contributed by atoms with E-state index in [4.69, 9.17) is 5.11 Å². The number of nitrogens with one attached hydrogen (secondary N) is 1. The van der Waals surface area contributed by atoms with E-state index >= 15 is 0 Å². The Morgan fingerprint density at radius 3 is 3.00 bits per heavy atom.